The van der Waals surface area contributed by atoms with E-state index >= 15 is 0 Å². The number of thioether (sulfide) groups is 1. The lowest BCUT2D eigenvalue weighted by molar-refractivity contribution is 0.0584. The molecule has 1 aliphatic carbocycles. The van der Waals surface area contributed by atoms with Gasteiger partial charge < -0.3 is 5.32 Å². The third-order valence-corrected chi connectivity index (χ3v) is 6.48. The van der Waals surface area contributed by atoms with Crippen molar-refractivity contribution in [2.45, 2.75) is 76.3 Å². The first kappa shape index (κ1) is 15.7. The predicted octanol–water partition coefficient (Wildman–Crippen LogP) is 3.37. The van der Waals surface area contributed by atoms with Gasteiger partial charge in [0.25, 0.3) is 0 Å². The van der Waals surface area contributed by atoms with Gasteiger partial charge in [-0.1, -0.05) is 26.7 Å². The monoisotopic (exact) mass is 284 g/mol. The molecule has 0 bridgehead atoms. The van der Waals surface area contributed by atoms with E-state index in [1.54, 1.807) is 0 Å². The lowest BCUT2D eigenvalue weighted by Crippen LogP contribution is -2.60. The molecular formula is C16H32N2S. The van der Waals surface area contributed by atoms with Crippen molar-refractivity contribution < 1.29 is 0 Å². The SMILES string of the molecule is CCC(C)C1CN(C2CCCC(SC)C2)C(C)CN1. The van der Waals surface area contributed by atoms with Gasteiger partial charge in [0.2, 0.25) is 0 Å². The lowest BCUT2D eigenvalue weighted by atomic mass is 9.89. The summed E-state index contributed by atoms with van der Waals surface area (Å²) in [5.41, 5.74) is 0. The highest BCUT2D eigenvalue weighted by atomic mass is 32.2. The van der Waals surface area contributed by atoms with Crippen molar-refractivity contribution in [1.82, 2.24) is 10.2 Å². The van der Waals surface area contributed by atoms with Crippen LogP contribution in [0.25, 0.3) is 0 Å². The van der Waals surface area contributed by atoms with Crippen molar-refractivity contribution in [3.8, 4) is 0 Å². The van der Waals surface area contributed by atoms with E-state index in [1.807, 2.05) is 0 Å². The first-order chi connectivity index (χ1) is 9.15. The molecule has 0 aromatic carbocycles. The van der Waals surface area contributed by atoms with Crippen LogP contribution in [0.3, 0.4) is 0 Å². The average Bonchev–Trinajstić information content (AvgIpc) is 2.47. The molecule has 5 atom stereocenters. The van der Waals surface area contributed by atoms with Crippen LogP contribution in [0.4, 0.5) is 0 Å². The summed E-state index contributed by atoms with van der Waals surface area (Å²) in [6.45, 7) is 9.57. The summed E-state index contributed by atoms with van der Waals surface area (Å²) in [6.07, 6.45) is 9.29. The average molecular weight is 285 g/mol. The molecule has 1 aliphatic heterocycles. The molecule has 1 heterocycles. The standard InChI is InChI=1S/C16H32N2S/c1-5-12(2)16-11-18(13(3)10-17-16)14-7-6-8-15(9-14)19-4/h12-17H,5-11H2,1-4H3. The van der Waals surface area contributed by atoms with Crippen LogP contribution in [0, 0.1) is 5.92 Å². The Hall–Kier alpha value is 0.270. The molecule has 3 heteroatoms. The number of rotatable bonds is 4. The normalized spacial score (nSPS) is 39.2. The fourth-order valence-electron chi connectivity index (χ4n) is 3.72. The summed E-state index contributed by atoms with van der Waals surface area (Å²) in [5, 5.41) is 4.67. The fraction of sp³-hybridized carbons (Fsp3) is 1.00. The smallest absolute Gasteiger partial charge is 0.0221 e. The number of hydrogen-bond donors (Lipinski definition) is 1. The van der Waals surface area contributed by atoms with Crippen LogP contribution < -0.4 is 5.32 Å². The molecule has 2 rings (SSSR count). The largest absolute Gasteiger partial charge is 0.311 e. The molecule has 2 nitrogen and oxygen atoms in total. The van der Waals surface area contributed by atoms with Crippen molar-refractivity contribution in [1.29, 1.82) is 0 Å². The molecule has 19 heavy (non-hydrogen) atoms. The molecular weight excluding hydrogens is 252 g/mol. The Bertz CT molecular complexity index is 269. The maximum atomic E-state index is 3.77. The fourth-order valence-corrected chi connectivity index (χ4v) is 4.54. The van der Waals surface area contributed by atoms with E-state index in [-0.39, 0.29) is 0 Å². The van der Waals surface area contributed by atoms with E-state index in [4.69, 9.17) is 0 Å². The third-order valence-electron chi connectivity index (χ3n) is 5.38. The first-order valence-corrected chi connectivity index (χ1v) is 9.46. The van der Waals surface area contributed by atoms with Gasteiger partial charge in [-0.25, -0.2) is 0 Å². The quantitative estimate of drug-likeness (QED) is 0.852. The van der Waals surface area contributed by atoms with E-state index in [0.29, 0.717) is 12.1 Å². The summed E-state index contributed by atoms with van der Waals surface area (Å²) >= 11 is 2.08. The first-order valence-electron chi connectivity index (χ1n) is 8.17. The molecule has 112 valence electrons. The van der Waals surface area contributed by atoms with Crippen molar-refractivity contribution in [3.05, 3.63) is 0 Å². The van der Waals surface area contributed by atoms with Crippen molar-refractivity contribution >= 4 is 11.8 Å². The maximum Gasteiger partial charge on any atom is 0.0221 e. The summed E-state index contributed by atoms with van der Waals surface area (Å²) in [4.78, 5) is 2.83. The molecule has 1 N–H and O–H groups in total. The molecule has 0 radical (unpaired) electrons. The minimum Gasteiger partial charge on any atom is -0.311 e. The van der Waals surface area contributed by atoms with Crippen LogP contribution >= 0.6 is 11.8 Å². The Labute approximate surface area is 124 Å². The molecule has 1 saturated carbocycles. The van der Waals surface area contributed by atoms with E-state index in [1.165, 1.54) is 45.2 Å². The highest BCUT2D eigenvalue weighted by molar-refractivity contribution is 7.99. The van der Waals surface area contributed by atoms with E-state index in [2.05, 4.69) is 49.0 Å². The molecule has 0 amide bonds. The van der Waals surface area contributed by atoms with E-state index in [0.717, 1.165) is 17.2 Å². The summed E-state index contributed by atoms with van der Waals surface area (Å²) in [6, 6.07) is 2.26. The van der Waals surface area contributed by atoms with Gasteiger partial charge >= 0.3 is 0 Å². The van der Waals surface area contributed by atoms with Crippen molar-refractivity contribution in [2.75, 3.05) is 19.3 Å². The zero-order chi connectivity index (χ0) is 13.8. The lowest BCUT2D eigenvalue weighted by Gasteiger charge is -2.47. The second kappa shape index (κ2) is 7.33. The Morgan fingerprint density at radius 3 is 2.84 bits per heavy atom. The van der Waals surface area contributed by atoms with Gasteiger partial charge in [0.05, 0.1) is 0 Å². The Balaban J connectivity index is 1.96. The topological polar surface area (TPSA) is 15.3 Å². The molecule has 0 aromatic rings. The predicted molar refractivity (Wildman–Crippen MR) is 87.0 cm³/mol. The second-order valence-electron chi connectivity index (χ2n) is 6.62. The summed E-state index contributed by atoms with van der Waals surface area (Å²) in [7, 11) is 0. The van der Waals surface area contributed by atoms with Crippen LogP contribution in [0.1, 0.15) is 52.9 Å². The molecule has 2 fully saturated rings. The molecule has 1 saturated heterocycles. The van der Waals surface area contributed by atoms with Crippen LogP contribution in [0.5, 0.6) is 0 Å². The van der Waals surface area contributed by atoms with Gasteiger partial charge in [0.1, 0.15) is 0 Å². The second-order valence-corrected chi connectivity index (χ2v) is 7.76. The molecule has 2 aliphatic rings. The van der Waals surface area contributed by atoms with Gasteiger partial charge in [-0.05, 0) is 38.4 Å². The van der Waals surface area contributed by atoms with Gasteiger partial charge in [0.15, 0.2) is 0 Å². The van der Waals surface area contributed by atoms with E-state index < -0.39 is 0 Å². The highest BCUT2D eigenvalue weighted by Gasteiger charge is 2.34. The maximum absolute atomic E-state index is 3.77. The summed E-state index contributed by atoms with van der Waals surface area (Å²) < 4.78 is 0. The highest BCUT2D eigenvalue weighted by Crippen LogP contribution is 2.32. The number of hydrogen-bond acceptors (Lipinski definition) is 3. The Kier molecular flexibility index (Phi) is 6.04. The van der Waals surface area contributed by atoms with Crippen LogP contribution in [0.15, 0.2) is 0 Å². The van der Waals surface area contributed by atoms with Gasteiger partial charge in [-0.3, -0.25) is 4.90 Å². The molecule has 0 aromatic heterocycles. The zero-order valence-corrected chi connectivity index (χ0v) is 14.0. The number of piperazine rings is 1. The van der Waals surface area contributed by atoms with Crippen molar-refractivity contribution in [3.63, 3.8) is 0 Å². The van der Waals surface area contributed by atoms with Crippen molar-refractivity contribution in [2.24, 2.45) is 5.92 Å². The zero-order valence-electron chi connectivity index (χ0n) is 13.2. The number of nitrogens with zero attached hydrogens (tertiary/aromatic N) is 1. The van der Waals surface area contributed by atoms with Gasteiger partial charge in [-0.15, -0.1) is 0 Å². The van der Waals surface area contributed by atoms with Crippen LogP contribution in [0.2, 0.25) is 0 Å². The minimum atomic E-state index is 0.704. The third kappa shape index (κ3) is 3.89. The van der Waals surface area contributed by atoms with Crippen LogP contribution in [-0.2, 0) is 0 Å². The van der Waals surface area contributed by atoms with Gasteiger partial charge in [0, 0.05) is 36.5 Å². The molecule has 0 spiro atoms. The molecule has 5 unspecified atom stereocenters. The van der Waals surface area contributed by atoms with Crippen LogP contribution in [-0.4, -0.2) is 47.6 Å². The number of nitrogens with one attached hydrogen (secondary N) is 1. The minimum absolute atomic E-state index is 0.704. The Morgan fingerprint density at radius 1 is 1.37 bits per heavy atom. The Morgan fingerprint density at radius 2 is 2.16 bits per heavy atom. The van der Waals surface area contributed by atoms with E-state index in [9.17, 15) is 0 Å². The summed E-state index contributed by atoms with van der Waals surface area (Å²) in [5.74, 6) is 0.801. The van der Waals surface area contributed by atoms with Gasteiger partial charge in [-0.2, -0.15) is 11.8 Å².